The number of rotatable bonds is 2. The van der Waals surface area contributed by atoms with Crippen LogP contribution in [0.15, 0.2) is 59.7 Å². The predicted molar refractivity (Wildman–Crippen MR) is 112 cm³/mol. The molecule has 0 saturated carbocycles. The molecule has 0 aliphatic carbocycles. The van der Waals surface area contributed by atoms with Crippen LogP contribution in [0.5, 0.6) is 0 Å². The number of halogens is 1. The molecule has 0 bridgehead atoms. The van der Waals surface area contributed by atoms with Gasteiger partial charge in [-0.15, -0.1) is 0 Å². The summed E-state index contributed by atoms with van der Waals surface area (Å²) in [7, 11) is 0. The fraction of sp³-hybridized carbons (Fsp3) is 0.286. The lowest BCUT2D eigenvalue weighted by atomic mass is 9.91. The van der Waals surface area contributed by atoms with E-state index in [0.717, 1.165) is 16.8 Å². The van der Waals surface area contributed by atoms with Crippen molar-refractivity contribution in [2.45, 2.75) is 32.3 Å². The Kier molecular flexibility index (Phi) is 6.08. The van der Waals surface area contributed by atoms with Gasteiger partial charge >= 0.3 is 12.1 Å². The summed E-state index contributed by atoms with van der Waals surface area (Å²) in [5, 5.41) is 6.42. The largest absolute Gasteiger partial charge is 0.443 e. The topological polar surface area (TPSA) is 83.0 Å². The second kappa shape index (κ2) is 8.53. The van der Waals surface area contributed by atoms with E-state index >= 15 is 0 Å². The number of nitrogens with one attached hydrogen (secondary N) is 2. The molecular formula is C21H23ClN4O3. The van der Waals surface area contributed by atoms with Crippen molar-refractivity contribution in [3.8, 4) is 0 Å². The number of ether oxygens (including phenoxy) is 1. The number of hydrogen-bond acceptors (Lipinski definition) is 4. The molecule has 1 unspecified atom stereocenters. The van der Waals surface area contributed by atoms with Crippen LogP contribution in [0.4, 0.5) is 9.59 Å². The average molecular weight is 415 g/mol. The Morgan fingerprint density at radius 2 is 1.72 bits per heavy atom. The molecule has 3 rings (SSSR count). The zero-order chi connectivity index (χ0) is 21.0. The van der Waals surface area contributed by atoms with Crippen molar-refractivity contribution in [3.63, 3.8) is 0 Å². The highest BCUT2D eigenvalue weighted by molar-refractivity contribution is 6.30. The standard InChI is InChI=1S/C21H23ClN4O3/c1-21(2,3)29-20(28)24-23-19(27)26-13-17(14-7-5-4-6-8-14)18(25-26)15-9-11-16(22)12-10-15/h4-12,17H,13H2,1-3H3,(H,23,27)(H,24,28). The van der Waals surface area contributed by atoms with Gasteiger partial charge in [0.2, 0.25) is 0 Å². The van der Waals surface area contributed by atoms with Gasteiger partial charge < -0.3 is 4.74 Å². The summed E-state index contributed by atoms with van der Waals surface area (Å²) in [6.07, 6.45) is -0.744. The van der Waals surface area contributed by atoms with Gasteiger partial charge in [-0.2, -0.15) is 5.10 Å². The molecule has 7 nitrogen and oxygen atoms in total. The van der Waals surface area contributed by atoms with Gasteiger partial charge in [0.1, 0.15) is 5.60 Å². The summed E-state index contributed by atoms with van der Waals surface area (Å²) in [6, 6.07) is 16.6. The van der Waals surface area contributed by atoms with Gasteiger partial charge in [0.05, 0.1) is 12.3 Å². The van der Waals surface area contributed by atoms with Crippen molar-refractivity contribution in [1.82, 2.24) is 15.9 Å². The lowest BCUT2D eigenvalue weighted by molar-refractivity contribution is 0.0499. The van der Waals surface area contributed by atoms with E-state index in [2.05, 4.69) is 16.0 Å². The van der Waals surface area contributed by atoms with Crippen LogP contribution in [0.2, 0.25) is 5.02 Å². The highest BCUT2D eigenvalue weighted by Crippen LogP contribution is 2.29. The van der Waals surface area contributed by atoms with Crippen molar-refractivity contribution < 1.29 is 14.3 Å². The number of hydrazone groups is 1. The third kappa shape index (κ3) is 5.48. The molecule has 1 aliphatic rings. The van der Waals surface area contributed by atoms with Crippen molar-refractivity contribution in [1.29, 1.82) is 0 Å². The lowest BCUT2D eigenvalue weighted by Gasteiger charge is -2.20. The van der Waals surface area contributed by atoms with Crippen molar-refractivity contribution >= 4 is 29.4 Å². The second-order valence-electron chi connectivity index (χ2n) is 7.59. The first-order valence-electron chi connectivity index (χ1n) is 9.19. The molecule has 0 spiro atoms. The number of nitrogens with zero attached hydrogens (tertiary/aromatic N) is 2. The molecule has 2 aromatic rings. The van der Waals surface area contributed by atoms with E-state index in [-0.39, 0.29) is 5.92 Å². The van der Waals surface area contributed by atoms with Gasteiger partial charge in [0, 0.05) is 10.9 Å². The van der Waals surface area contributed by atoms with Crippen LogP contribution in [0.3, 0.4) is 0 Å². The molecule has 8 heteroatoms. The van der Waals surface area contributed by atoms with Gasteiger partial charge in [-0.05, 0) is 44.0 Å². The molecule has 2 aromatic carbocycles. The Morgan fingerprint density at radius 1 is 1.07 bits per heavy atom. The van der Waals surface area contributed by atoms with E-state index < -0.39 is 17.7 Å². The molecule has 0 radical (unpaired) electrons. The summed E-state index contributed by atoms with van der Waals surface area (Å²) in [5.74, 6) is -0.107. The smallest absolute Gasteiger partial charge is 0.426 e. The van der Waals surface area contributed by atoms with Crippen LogP contribution in [0.1, 0.15) is 37.8 Å². The van der Waals surface area contributed by atoms with Gasteiger partial charge in [0.15, 0.2) is 0 Å². The summed E-state index contributed by atoms with van der Waals surface area (Å²) < 4.78 is 5.11. The highest BCUT2D eigenvalue weighted by Gasteiger charge is 2.32. The van der Waals surface area contributed by atoms with E-state index in [9.17, 15) is 9.59 Å². The number of hydrazine groups is 1. The molecule has 3 amide bonds. The summed E-state index contributed by atoms with van der Waals surface area (Å²) in [6.45, 7) is 5.55. The van der Waals surface area contributed by atoms with E-state index in [4.69, 9.17) is 16.3 Å². The Bertz CT molecular complexity index is 908. The van der Waals surface area contributed by atoms with Crippen molar-refractivity contribution in [3.05, 3.63) is 70.7 Å². The van der Waals surface area contributed by atoms with E-state index in [1.54, 1.807) is 32.9 Å². The zero-order valence-electron chi connectivity index (χ0n) is 16.5. The SMILES string of the molecule is CC(C)(C)OC(=O)NNC(=O)N1CC(c2ccccc2)C(c2ccc(Cl)cc2)=N1. The van der Waals surface area contributed by atoms with Crippen molar-refractivity contribution in [2.75, 3.05) is 6.54 Å². The number of urea groups is 1. The third-order valence-electron chi connectivity index (χ3n) is 4.16. The van der Waals surface area contributed by atoms with Crippen LogP contribution < -0.4 is 10.9 Å². The zero-order valence-corrected chi connectivity index (χ0v) is 17.2. The van der Waals surface area contributed by atoms with Crippen LogP contribution in [0.25, 0.3) is 0 Å². The third-order valence-corrected chi connectivity index (χ3v) is 4.41. The summed E-state index contributed by atoms with van der Waals surface area (Å²) in [4.78, 5) is 24.3. The quantitative estimate of drug-likeness (QED) is 0.719. The molecule has 152 valence electrons. The molecule has 29 heavy (non-hydrogen) atoms. The van der Waals surface area contributed by atoms with Crippen LogP contribution in [-0.4, -0.2) is 35.0 Å². The molecular weight excluding hydrogens is 392 g/mol. The van der Waals surface area contributed by atoms with E-state index in [1.807, 2.05) is 42.5 Å². The molecule has 0 fully saturated rings. The van der Waals surface area contributed by atoms with Crippen molar-refractivity contribution in [2.24, 2.45) is 5.10 Å². The van der Waals surface area contributed by atoms with Gasteiger partial charge in [-0.1, -0.05) is 54.1 Å². The predicted octanol–water partition coefficient (Wildman–Crippen LogP) is 4.29. The molecule has 1 atom stereocenters. The molecule has 0 aromatic heterocycles. The highest BCUT2D eigenvalue weighted by atomic mass is 35.5. The molecule has 1 aliphatic heterocycles. The Hall–Kier alpha value is -3.06. The molecule has 1 heterocycles. The fourth-order valence-electron chi connectivity index (χ4n) is 2.93. The first-order valence-corrected chi connectivity index (χ1v) is 9.56. The first kappa shape index (κ1) is 20.7. The summed E-state index contributed by atoms with van der Waals surface area (Å²) >= 11 is 6.00. The van der Waals surface area contributed by atoms with E-state index in [1.165, 1.54) is 5.01 Å². The minimum Gasteiger partial charge on any atom is -0.443 e. The molecule has 2 N–H and O–H groups in total. The van der Waals surface area contributed by atoms with Crippen LogP contribution >= 0.6 is 11.6 Å². The molecule has 0 saturated heterocycles. The van der Waals surface area contributed by atoms with Gasteiger partial charge in [-0.3, -0.25) is 0 Å². The Morgan fingerprint density at radius 3 is 2.34 bits per heavy atom. The maximum absolute atomic E-state index is 12.5. The van der Waals surface area contributed by atoms with E-state index in [0.29, 0.717) is 11.6 Å². The Labute approximate surface area is 174 Å². The average Bonchev–Trinajstić information content (AvgIpc) is 3.11. The Balaban J connectivity index is 1.77. The number of carbonyl (C=O) groups excluding carboxylic acids is 2. The number of hydrogen-bond donors (Lipinski definition) is 2. The van der Waals surface area contributed by atoms with Crippen LogP contribution in [0, 0.1) is 0 Å². The van der Waals surface area contributed by atoms with Gasteiger partial charge in [-0.25, -0.2) is 25.4 Å². The first-order chi connectivity index (χ1) is 13.7. The normalized spacial score (nSPS) is 16.2. The number of benzene rings is 2. The lowest BCUT2D eigenvalue weighted by Crippen LogP contribution is -2.48. The maximum Gasteiger partial charge on any atom is 0.426 e. The van der Waals surface area contributed by atoms with Crippen LogP contribution in [-0.2, 0) is 4.74 Å². The summed E-state index contributed by atoms with van der Waals surface area (Å²) in [5.41, 5.74) is 6.57. The minimum absolute atomic E-state index is 0.107. The monoisotopic (exact) mass is 414 g/mol. The number of carbonyl (C=O) groups is 2. The van der Waals surface area contributed by atoms with Gasteiger partial charge in [0.25, 0.3) is 0 Å². The minimum atomic E-state index is -0.744. The number of amides is 3. The fourth-order valence-corrected chi connectivity index (χ4v) is 3.06. The maximum atomic E-state index is 12.5. The second-order valence-corrected chi connectivity index (χ2v) is 8.03.